The maximum Gasteiger partial charge on any atom is 0.0316 e. The van der Waals surface area contributed by atoms with Gasteiger partial charge in [0.05, 0.1) is 0 Å². The van der Waals surface area contributed by atoms with Crippen LogP contribution in [0.15, 0.2) is 0 Å². The van der Waals surface area contributed by atoms with Gasteiger partial charge in [-0.15, -0.1) is 0 Å². The quantitative estimate of drug-likeness (QED) is 0.765. The van der Waals surface area contributed by atoms with Gasteiger partial charge in [0, 0.05) is 24.7 Å². The normalized spacial score (nSPS) is 31.8. The summed E-state index contributed by atoms with van der Waals surface area (Å²) in [7, 11) is 0. The Morgan fingerprint density at radius 3 is 2.65 bits per heavy atom. The second kappa shape index (κ2) is 5.68. The van der Waals surface area contributed by atoms with E-state index < -0.39 is 0 Å². The summed E-state index contributed by atoms with van der Waals surface area (Å²) in [6.07, 6.45) is 6.60. The molecule has 2 rings (SSSR count). The first kappa shape index (κ1) is 13.3. The topological polar surface area (TPSA) is 41.3 Å². The molecule has 3 N–H and O–H groups in total. The van der Waals surface area contributed by atoms with E-state index in [1.165, 1.54) is 51.7 Å². The van der Waals surface area contributed by atoms with Crippen molar-refractivity contribution in [1.29, 1.82) is 0 Å². The van der Waals surface area contributed by atoms with Crippen LogP contribution in [0.25, 0.3) is 0 Å². The number of likely N-dealkylation sites (tertiary alicyclic amines) is 1. The molecule has 0 aromatic carbocycles. The van der Waals surface area contributed by atoms with E-state index in [0.717, 1.165) is 12.5 Å². The Kier molecular flexibility index (Phi) is 4.45. The minimum atomic E-state index is 0.228. The molecule has 3 nitrogen and oxygen atoms in total. The Morgan fingerprint density at radius 2 is 2.06 bits per heavy atom. The van der Waals surface area contributed by atoms with Crippen LogP contribution < -0.4 is 11.1 Å². The SMILES string of the molecule is CC(C)N1CCCC(CN)(NCC2CC2)CC1. The third-order valence-electron chi connectivity index (χ3n) is 4.56. The molecule has 1 saturated carbocycles. The second-order valence-corrected chi connectivity index (χ2v) is 6.29. The van der Waals surface area contributed by atoms with Crippen LogP contribution in [0.1, 0.15) is 46.0 Å². The van der Waals surface area contributed by atoms with Crippen molar-refractivity contribution < 1.29 is 0 Å². The first-order chi connectivity index (χ1) is 8.15. The first-order valence-electron chi connectivity index (χ1n) is 7.34. The molecule has 1 aliphatic carbocycles. The Hall–Kier alpha value is -0.120. The summed E-state index contributed by atoms with van der Waals surface area (Å²) >= 11 is 0. The van der Waals surface area contributed by atoms with Crippen LogP contribution in [0.3, 0.4) is 0 Å². The molecule has 1 saturated heterocycles. The van der Waals surface area contributed by atoms with Crippen LogP contribution in [-0.4, -0.2) is 42.7 Å². The molecule has 0 radical (unpaired) electrons. The molecule has 1 heterocycles. The van der Waals surface area contributed by atoms with Gasteiger partial charge in [0.1, 0.15) is 0 Å². The second-order valence-electron chi connectivity index (χ2n) is 6.29. The van der Waals surface area contributed by atoms with Crippen molar-refractivity contribution in [1.82, 2.24) is 10.2 Å². The molecule has 1 atom stereocenters. The fraction of sp³-hybridized carbons (Fsp3) is 1.00. The number of hydrogen-bond donors (Lipinski definition) is 2. The molecule has 0 aromatic heterocycles. The largest absolute Gasteiger partial charge is 0.329 e. The summed E-state index contributed by atoms with van der Waals surface area (Å²) in [4.78, 5) is 2.59. The molecule has 17 heavy (non-hydrogen) atoms. The van der Waals surface area contributed by atoms with E-state index >= 15 is 0 Å². The van der Waals surface area contributed by atoms with Crippen molar-refractivity contribution in [2.75, 3.05) is 26.2 Å². The zero-order chi connectivity index (χ0) is 12.3. The lowest BCUT2D eigenvalue weighted by Crippen LogP contribution is -2.52. The van der Waals surface area contributed by atoms with E-state index in [4.69, 9.17) is 5.73 Å². The zero-order valence-electron chi connectivity index (χ0n) is 11.5. The minimum absolute atomic E-state index is 0.228. The van der Waals surface area contributed by atoms with Crippen LogP contribution in [0.4, 0.5) is 0 Å². The predicted octanol–water partition coefficient (Wildman–Crippen LogP) is 1.58. The van der Waals surface area contributed by atoms with Gasteiger partial charge in [-0.2, -0.15) is 0 Å². The zero-order valence-corrected chi connectivity index (χ0v) is 11.5. The highest BCUT2D eigenvalue weighted by molar-refractivity contribution is 4.94. The number of hydrogen-bond acceptors (Lipinski definition) is 3. The summed E-state index contributed by atoms with van der Waals surface area (Å²) in [6, 6.07) is 0.673. The van der Waals surface area contributed by atoms with E-state index in [-0.39, 0.29) is 5.54 Å². The standard InChI is InChI=1S/C14H29N3/c1-12(2)17-8-3-6-14(11-15,7-9-17)16-10-13-4-5-13/h12-13,16H,3-11,15H2,1-2H3. The molecular formula is C14H29N3. The van der Waals surface area contributed by atoms with E-state index in [2.05, 4.69) is 24.1 Å². The highest BCUT2D eigenvalue weighted by Crippen LogP contribution is 2.30. The number of nitrogens with two attached hydrogens (primary N) is 1. The van der Waals surface area contributed by atoms with Gasteiger partial charge in [0.15, 0.2) is 0 Å². The Morgan fingerprint density at radius 1 is 1.29 bits per heavy atom. The van der Waals surface area contributed by atoms with Crippen LogP contribution in [-0.2, 0) is 0 Å². The van der Waals surface area contributed by atoms with E-state index in [0.29, 0.717) is 6.04 Å². The Balaban J connectivity index is 1.87. The van der Waals surface area contributed by atoms with Crippen molar-refractivity contribution in [3.8, 4) is 0 Å². The van der Waals surface area contributed by atoms with E-state index in [1.807, 2.05) is 0 Å². The lowest BCUT2D eigenvalue weighted by Gasteiger charge is -2.33. The highest BCUT2D eigenvalue weighted by Gasteiger charge is 2.33. The Labute approximate surface area is 106 Å². The van der Waals surface area contributed by atoms with Gasteiger partial charge in [-0.25, -0.2) is 0 Å². The van der Waals surface area contributed by atoms with Gasteiger partial charge >= 0.3 is 0 Å². The predicted molar refractivity (Wildman–Crippen MR) is 73.1 cm³/mol. The molecule has 0 amide bonds. The maximum atomic E-state index is 6.05. The average molecular weight is 239 g/mol. The van der Waals surface area contributed by atoms with Crippen molar-refractivity contribution in [2.45, 2.75) is 57.5 Å². The summed E-state index contributed by atoms with van der Waals surface area (Å²) in [5.74, 6) is 0.947. The van der Waals surface area contributed by atoms with Gasteiger partial charge < -0.3 is 16.0 Å². The first-order valence-corrected chi connectivity index (χ1v) is 7.34. The molecule has 1 aliphatic heterocycles. The molecule has 2 fully saturated rings. The monoisotopic (exact) mass is 239 g/mol. The molecule has 100 valence electrons. The van der Waals surface area contributed by atoms with Gasteiger partial charge in [-0.1, -0.05) is 0 Å². The number of nitrogens with one attached hydrogen (secondary N) is 1. The molecule has 0 aromatic rings. The lowest BCUT2D eigenvalue weighted by atomic mass is 9.90. The smallest absolute Gasteiger partial charge is 0.0316 e. The van der Waals surface area contributed by atoms with Gasteiger partial charge in [0.2, 0.25) is 0 Å². The summed E-state index contributed by atoms with van der Waals surface area (Å²) in [5, 5.41) is 3.79. The minimum Gasteiger partial charge on any atom is -0.329 e. The van der Waals surface area contributed by atoms with Crippen LogP contribution >= 0.6 is 0 Å². The van der Waals surface area contributed by atoms with Crippen LogP contribution in [0, 0.1) is 5.92 Å². The fourth-order valence-corrected chi connectivity index (χ4v) is 2.87. The van der Waals surface area contributed by atoms with Gasteiger partial charge in [-0.3, -0.25) is 0 Å². The van der Waals surface area contributed by atoms with E-state index in [1.54, 1.807) is 0 Å². The van der Waals surface area contributed by atoms with Gasteiger partial charge in [0.25, 0.3) is 0 Å². The van der Waals surface area contributed by atoms with Crippen LogP contribution in [0.2, 0.25) is 0 Å². The highest BCUT2D eigenvalue weighted by atomic mass is 15.2. The Bertz CT molecular complexity index is 238. The average Bonchev–Trinajstić information content (AvgIpc) is 3.13. The molecule has 1 unspecified atom stereocenters. The molecule has 3 heteroatoms. The molecule has 0 spiro atoms. The third kappa shape index (κ3) is 3.67. The van der Waals surface area contributed by atoms with Crippen molar-refractivity contribution in [2.24, 2.45) is 11.7 Å². The van der Waals surface area contributed by atoms with E-state index in [9.17, 15) is 0 Å². The third-order valence-corrected chi connectivity index (χ3v) is 4.56. The number of rotatable bonds is 5. The van der Waals surface area contributed by atoms with Crippen LogP contribution in [0.5, 0.6) is 0 Å². The van der Waals surface area contributed by atoms with Crippen molar-refractivity contribution >= 4 is 0 Å². The molecule has 2 aliphatic rings. The van der Waals surface area contributed by atoms with Gasteiger partial charge in [-0.05, 0) is 65.0 Å². The van der Waals surface area contributed by atoms with Crippen molar-refractivity contribution in [3.05, 3.63) is 0 Å². The summed E-state index contributed by atoms with van der Waals surface area (Å²) in [6.45, 7) is 9.03. The summed E-state index contributed by atoms with van der Waals surface area (Å²) in [5.41, 5.74) is 6.28. The molecular weight excluding hydrogens is 210 g/mol. The molecule has 0 bridgehead atoms. The van der Waals surface area contributed by atoms with Crippen molar-refractivity contribution in [3.63, 3.8) is 0 Å². The number of nitrogens with zero attached hydrogens (tertiary/aromatic N) is 1. The summed E-state index contributed by atoms with van der Waals surface area (Å²) < 4.78 is 0. The lowest BCUT2D eigenvalue weighted by molar-refractivity contribution is 0.218. The maximum absolute atomic E-state index is 6.05. The fourth-order valence-electron chi connectivity index (χ4n) is 2.87.